The largest absolute Gasteiger partial charge is 0.456 e. The number of nitrogens with zero attached hydrogens (tertiary/aromatic N) is 4. The van der Waals surface area contributed by atoms with E-state index in [0.29, 0.717) is 5.95 Å². The van der Waals surface area contributed by atoms with Crippen molar-refractivity contribution in [2.45, 2.75) is 0 Å². The van der Waals surface area contributed by atoms with Crippen molar-refractivity contribution < 1.29 is 4.74 Å². The van der Waals surface area contributed by atoms with Crippen molar-refractivity contribution in [3.8, 4) is 34.4 Å². The molecule has 47 heavy (non-hydrogen) atoms. The van der Waals surface area contributed by atoms with Gasteiger partial charge in [-0.3, -0.25) is 4.57 Å². The van der Waals surface area contributed by atoms with Gasteiger partial charge in [0.1, 0.15) is 11.5 Å². The molecular formula is C42H24N4O. The number of aromatic nitrogens is 4. The molecule has 7 aromatic carbocycles. The number of fused-ring (bicyclic) bond motifs is 9. The summed E-state index contributed by atoms with van der Waals surface area (Å²) in [4.78, 5) is 10.5. The molecule has 10 aromatic rings. The normalized spacial score (nSPS) is 12.4. The predicted molar refractivity (Wildman–Crippen MR) is 191 cm³/mol. The lowest BCUT2D eigenvalue weighted by Gasteiger charge is -2.21. The van der Waals surface area contributed by atoms with Gasteiger partial charge in [-0.1, -0.05) is 91.0 Å². The molecule has 3 aromatic heterocycles. The van der Waals surface area contributed by atoms with Crippen molar-refractivity contribution in [1.29, 1.82) is 0 Å². The molecule has 0 atom stereocenters. The molecule has 218 valence electrons. The Balaban J connectivity index is 1.29. The van der Waals surface area contributed by atoms with Crippen molar-refractivity contribution in [3.05, 3.63) is 146 Å². The van der Waals surface area contributed by atoms with Gasteiger partial charge in [-0.2, -0.15) is 0 Å². The highest BCUT2D eigenvalue weighted by atomic mass is 16.5. The topological polar surface area (TPSA) is 44.9 Å². The molecule has 4 heterocycles. The van der Waals surface area contributed by atoms with Crippen molar-refractivity contribution in [3.63, 3.8) is 0 Å². The van der Waals surface area contributed by atoms with E-state index in [2.05, 4.69) is 124 Å². The highest BCUT2D eigenvalue weighted by Crippen LogP contribution is 2.46. The van der Waals surface area contributed by atoms with Gasteiger partial charge in [0.2, 0.25) is 5.95 Å². The number of para-hydroxylation sites is 3. The van der Waals surface area contributed by atoms with Gasteiger partial charge in [0.15, 0.2) is 0 Å². The van der Waals surface area contributed by atoms with Gasteiger partial charge in [0.25, 0.3) is 0 Å². The van der Waals surface area contributed by atoms with Crippen molar-refractivity contribution in [2.75, 3.05) is 0 Å². The number of hydrogen-bond acceptors (Lipinski definition) is 3. The zero-order valence-electron chi connectivity index (χ0n) is 25.1. The van der Waals surface area contributed by atoms with E-state index in [1.54, 1.807) is 0 Å². The Kier molecular flexibility index (Phi) is 4.78. The van der Waals surface area contributed by atoms with Crippen LogP contribution in [0.5, 0.6) is 11.5 Å². The fourth-order valence-electron chi connectivity index (χ4n) is 7.70. The second kappa shape index (κ2) is 9.05. The molecule has 0 radical (unpaired) electrons. The third-order valence-electron chi connectivity index (χ3n) is 9.71. The Bertz CT molecular complexity index is 2940. The van der Waals surface area contributed by atoms with Gasteiger partial charge in [-0.25, -0.2) is 9.97 Å². The first-order chi connectivity index (χ1) is 23.3. The summed E-state index contributed by atoms with van der Waals surface area (Å²) in [5, 5.41) is 8.15. The summed E-state index contributed by atoms with van der Waals surface area (Å²) < 4.78 is 10.9. The second-order valence-electron chi connectivity index (χ2n) is 12.2. The predicted octanol–water partition coefficient (Wildman–Crippen LogP) is 10.7. The summed E-state index contributed by atoms with van der Waals surface area (Å²) in [6.45, 7) is 0. The van der Waals surface area contributed by atoms with E-state index in [9.17, 15) is 0 Å². The van der Waals surface area contributed by atoms with Crippen molar-refractivity contribution in [1.82, 2.24) is 19.1 Å². The van der Waals surface area contributed by atoms with Gasteiger partial charge in [0.05, 0.1) is 44.4 Å². The smallest absolute Gasteiger partial charge is 0.235 e. The molecule has 0 saturated heterocycles. The van der Waals surface area contributed by atoms with Crippen LogP contribution in [0, 0.1) is 0 Å². The fraction of sp³-hybridized carbons (Fsp3) is 0. The quantitative estimate of drug-likeness (QED) is 0.198. The molecule has 5 heteroatoms. The van der Waals surface area contributed by atoms with E-state index in [1.165, 1.54) is 37.8 Å². The van der Waals surface area contributed by atoms with Crippen LogP contribution in [0.15, 0.2) is 146 Å². The van der Waals surface area contributed by atoms with Crippen LogP contribution in [0.4, 0.5) is 0 Å². The molecule has 0 amide bonds. The summed E-state index contributed by atoms with van der Waals surface area (Å²) in [5.41, 5.74) is 8.32. The highest BCUT2D eigenvalue weighted by molar-refractivity contribution is 6.19. The van der Waals surface area contributed by atoms with E-state index in [-0.39, 0.29) is 0 Å². The maximum atomic E-state index is 6.29. The van der Waals surface area contributed by atoms with Crippen LogP contribution in [0.25, 0.3) is 88.2 Å². The highest BCUT2D eigenvalue weighted by Gasteiger charge is 2.25. The molecule has 0 unspecified atom stereocenters. The minimum atomic E-state index is 0.639. The SMILES string of the molecule is c1ccc2c(c1)Oc1cccc3nc(-n4c5ccccc5c5cc6c7ccccc7n(-c7cccc8ccccc78)c6cc54)nc-2c13. The molecule has 5 nitrogen and oxygen atoms in total. The Morgan fingerprint density at radius 2 is 1.09 bits per heavy atom. The lowest BCUT2D eigenvalue weighted by Crippen LogP contribution is -2.06. The standard InChI is InChI=1S/C42H24N4O/c1-2-13-26-25(11-1)12-9-20-33(26)45-34-18-6-3-14-27(34)30-23-31-28-15-4-7-19-35(28)46(37(31)24-36(30)45)42-43-32-17-10-22-39-40(32)41(44-42)29-16-5-8-21-38(29)47-39/h1-24H. The number of ether oxygens (including phenoxy) is 1. The molecular weight excluding hydrogens is 576 g/mol. The average molecular weight is 601 g/mol. The first-order valence-electron chi connectivity index (χ1n) is 15.8. The van der Waals surface area contributed by atoms with Crippen LogP contribution in [0.1, 0.15) is 0 Å². The fourth-order valence-corrected chi connectivity index (χ4v) is 7.70. The Labute approximate surface area is 268 Å². The van der Waals surface area contributed by atoms with E-state index in [1.807, 2.05) is 30.3 Å². The lowest BCUT2D eigenvalue weighted by molar-refractivity contribution is 0.486. The summed E-state index contributed by atoms with van der Waals surface area (Å²) in [6, 6.07) is 51.3. The maximum absolute atomic E-state index is 6.29. The maximum Gasteiger partial charge on any atom is 0.235 e. The first-order valence-corrected chi connectivity index (χ1v) is 15.8. The molecule has 1 aliphatic heterocycles. The average Bonchev–Trinajstić information content (AvgIpc) is 3.62. The number of benzene rings is 7. The first kappa shape index (κ1) is 24.8. The molecule has 0 spiro atoms. The molecule has 0 saturated carbocycles. The minimum Gasteiger partial charge on any atom is -0.456 e. The summed E-state index contributed by atoms with van der Waals surface area (Å²) in [6.07, 6.45) is 0. The van der Waals surface area contributed by atoms with Gasteiger partial charge in [-0.05, 0) is 60.0 Å². The zero-order valence-corrected chi connectivity index (χ0v) is 25.1. The van der Waals surface area contributed by atoms with Crippen molar-refractivity contribution in [2.24, 2.45) is 0 Å². The Morgan fingerprint density at radius 3 is 1.94 bits per heavy atom. The Morgan fingerprint density at radius 1 is 0.447 bits per heavy atom. The summed E-state index contributed by atoms with van der Waals surface area (Å²) >= 11 is 0. The van der Waals surface area contributed by atoms with Gasteiger partial charge >= 0.3 is 0 Å². The molecule has 1 aliphatic rings. The third kappa shape index (κ3) is 3.32. The Hall–Kier alpha value is -6.46. The summed E-state index contributed by atoms with van der Waals surface area (Å²) in [7, 11) is 0. The molecule has 11 rings (SSSR count). The molecule has 0 N–H and O–H groups in total. The van der Waals surface area contributed by atoms with Crippen LogP contribution in [-0.2, 0) is 0 Å². The zero-order chi connectivity index (χ0) is 30.6. The minimum absolute atomic E-state index is 0.639. The van der Waals surface area contributed by atoms with Crippen LogP contribution in [-0.4, -0.2) is 19.1 Å². The monoisotopic (exact) mass is 600 g/mol. The lowest BCUT2D eigenvalue weighted by atomic mass is 10.0. The molecule has 0 aliphatic carbocycles. The van der Waals surface area contributed by atoms with E-state index < -0.39 is 0 Å². The van der Waals surface area contributed by atoms with Crippen molar-refractivity contribution >= 4 is 65.3 Å². The molecule has 0 bridgehead atoms. The van der Waals surface area contributed by atoms with E-state index >= 15 is 0 Å². The van der Waals surface area contributed by atoms with E-state index in [4.69, 9.17) is 14.7 Å². The van der Waals surface area contributed by atoms with Gasteiger partial charge < -0.3 is 9.30 Å². The summed E-state index contributed by atoms with van der Waals surface area (Å²) in [5.74, 6) is 2.23. The van der Waals surface area contributed by atoms with Gasteiger partial charge in [-0.15, -0.1) is 0 Å². The van der Waals surface area contributed by atoms with Gasteiger partial charge in [0, 0.05) is 32.5 Å². The van der Waals surface area contributed by atoms with E-state index in [0.717, 1.165) is 55.9 Å². The number of hydrogen-bond donors (Lipinski definition) is 0. The molecule has 0 fully saturated rings. The third-order valence-corrected chi connectivity index (χ3v) is 9.71. The number of rotatable bonds is 2. The van der Waals surface area contributed by atoms with Crippen LogP contribution >= 0.6 is 0 Å². The van der Waals surface area contributed by atoms with Crippen LogP contribution in [0.2, 0.25) is 0 Å². The van der Waals surface area contributed by atoms with Crippen LogP contribution in [0.3, 0.4) is 0 Å². The second-order valence-corrected chi connectivity index (χ2v) is 12.2. The van der Waals surface area contributed by atoms with Crippen LogP contribution < -0.4 is 4.74 Å².